The zero-order valence-electron chi connectivity index (χ0n) is 20.2. The number of aromatic nitrogens is 4. The van der Waals surface area contributed by atoms with Crippen molar-refractivity contribution in [2.24, 2.45) is 0 Å². The van der Waals surface area contributed by atoms with Gasteiger partial charge in [-0.1, -0.05) is 0 Å². The van der Waals surface area contributed by atoms with Crippen molar-refractivity contribution in [1.29, 1.82) is 0 Å². The van der Waals surface area contributed by atoms with Gasteiger partial charge in [0.25, 0.3) is 0 Å². The van der Waals surface area contributed by atoms with E-state index in [1.807, 2.05) is 17.6 Å². The van der Waals surface area contributed by atoms with E-state index in [4.69, 9.17) is 0 Å². The number of nitrogens with zero attached hydrogens (tertiary/aromatic N) is 6. The molecule has 0 amide bonds. The number of halogens is 2. The Hall–Kier alpha value is -3.63. The molecule has 37 heavy (non-hydrogen) atoms. The molecule has 0 radical (unpaired) electrons. The Balaban J connectivity index is 1.36. The van der Waals surface area contributed by atoms with Crippen LogP contribution in [0.15, 0.2) is 52.8 Å². The minimum Gasteiger partial charge on any atom is -0.367 e. The first-order chi connectivity index (χ1) is 18.0. The molecule has 3 aromatic heterocycles. The quantitative estimate of drug-likeness (QED) is 0.342. The number of benzene rings is 2. The molecule has 0 unspecified atom stereocenters. The Kier molecular flexibility index (Phi) is 5.16. The lowest BCUT2D eigenvalue weighted by Gasteiger charge is -2.34. The number of rotatable bonds is 4. The molecule has 2 aliphatic rings. The van der Waals surface area contributed by atoms with Gasteiger partial charge in [-0.25, -0.2) is 13.3 Å². The van der Waals surface area contributed by atoms with Gasteiger partial charge in [-0.15, -0.1) is 16.4 Å². The summed E-state index contributed by atoms with van der Waals surface area (Å²) < 4.78 is 32.6. The average molecular weight is 519 g/mol. The van der Waals surface area contributed by atoms with Crippen molar-refractivity contribution in [3.8, 4) is 22.6 Å². The minimum absolute atomic E-state index is 0.270. The molecule has 10 heteroatoms. The summed E-state index contributed by atoms with van der Waals surface area (Å²) in [5.74, 6) is -0.389. The highest BCUT2D eigenvalue weighted by Crippen LogP contribution is 2.39. The van der Waals surface area contributed by atoms with E-state index in [9.17, 15) is 9.18 Å². The topological polar surface area (TPSA) is 58.7 Å². The summed E-state index contributed by atoms with van der Waals surface area (Å²) >= 11 is 1.40. The Morgan fingerprint density at radius 3 is 2.51 bits per heavy atom. The maximum absolute atomic E-state index is 15.4. The van der Waals surface area contributed by atoms with E-state index in [2.05, 4.69) is 31.5 Å². The molecule has 4 heterocycles. The van der Waals surface area contributed by atoms with Crippen molar-refractivity contribution >= 4 is 32.9 Å². The molecule has 0 N–H and O–H groups in total. The van der Waals surface area contributed by atoms with Crippen LogP contribution in [0.25, 0.3) is 38.5 Å². The molecule has 188 valence electrons. The number of fused-ring (bicyclic) bond motifs is 2. The second-order valence-corrected chi connectivity index (χ2v) is 10.7. The molecule has 5 aromatic rings. The Labute approximate surface area is 215 Å². The molecule has 7 rings (SSSR count). The molecule has 1 saturated carbocycles. The molecular weight excluding hydrogens is 494 g/mol. The van der Waals surface area contributed by atoms with Crippen molar-refractivity contribution in [3.63, 3.8) is 0 Å². The fourth-order valence-electron chi connectivity index (χ4n) is 5.08. The van der Waals surface area contributed by atoms with Crippen LogP contribution < -0.4 is 10.3 Å². The van der Waals surface area contributed by atoms with Gasteiger partial charge in [-0.3, -0.25) is 4.79 Å². The zero-order chi connectivity index (χ0) is 25.3. The molecule has 0 spiro atoms. The number of piperazine rings is 1. The fraction of sp³-hybridized carbons (Fsp3) is 0.296. The summed E-state index contributed by atoms with van der Waals surface area (Å²) in [6, 6.07) is 9.68. The number of anilines is 1. The fourth-order valence-corrected chi connectivity index (χ4v) is 5.91. The first-order valence-corrected chi connectivity index (χ1v) is 13.3. The summed E-state index contributed by atoms with van der Waals surface area (Å²) in [4.78, 5) is 23.2. The van der Waals surface area contributed by atoms with Gasteiger partial charge >= 0.3 is 0 Å². The van der Waals surface area contributed by atoms with Crippen LogP contribution in [-0.4, -0.2) is 57.3 Å². The van der Waals surface area contributed by atoms with Crippen LogP contribution in [0.3, 0.4) is 0 Å². The van der Waals surface area contributed by atoms with Crippen molar-refractivity contribution in [2.45, 2.75) is 18.9 Å². The Morgan fingerprint density at radius 1 is 1.03 bits per heavy atom. The average Bonchev–Trinajstić information content (AvgIpc) is 3.54. The van der Waals surface area contributed by atoms with Crippen LogP contribution in [0, 0.1) is 11.6 Å². The van der Waals surface area contributed by atoms with Crippen molar-refractivity contribution in [1.82, 2.24) is 24.1 Å². The molecule has 0 atom stereocenters. The third-order valence-electron chi connectivity index (χ3n) is 7.35. The highest BCUT2D eigenvalue weighted by molar-refractivity contribution is 7.15. The van der Waals surface area contributed by atoms with Crippen LogP contribution >= 0.6 is 11.3 Å². The SMILES string of the molecule is CN1CCN(c2cc3c(cc2F)c(=O)c(-c2nc4scc(-c5ccc(F)cc5)n4n2)cn3C2CC2)CC1. The summed E-state index contributed by atoms with van der Waals surface area (Å²) in [5.41, 5.74) is 2.94. The number of pyridine rings is 1. The molecule has 1 aliphatic carbocycles. The van der Waals surface area contributed by atoms with Gasteiger partial charge in [-0.05, 0) is 56.3 Å². The predicted molar refractivity (Wildman–Crippen MR) is 141 cm³/mol. The molecule has 2 aromatic carbocycles. The van der Waals surface area contributed by atoms with Gasteiger partial charge in [-0.2, -0.15) is 4.98 Å². The maximum atomic E-state index is 15.4. The maximum Gasteiger partial charge on any atom is 0.213 e. The molecular formula is C27H24F2N6OS. The van der Waals surface area contributed by atoms with E-state index in [1.54, 1.807) is 16.6 Å². The van der Waals surface area contributed by atoms with Gasteiger partial charge in [0.05, 0.1) is 22.5 Å². The standard InChI is InChI=1S/C27H24F2N6OS/c1-32-8-10-33(11-9-32)23-13-22-19(12-21(23)29)25(36)20(14-34(22)18-6-7-18)26-30-27-35(31-26)24(15-37-27)16-2-4-17(28)5-3-16/h2-5,12-15,18H,6-11H2,1H3. The summed E-state index contributed by atoms with van der Waals surface area (Å²) in [7, 11) is 2.07. The normalized spacial score (nSPS) is 16.8. The van der Waals surface area contributed by atoms with Gasteiger partial charge in [0.2, 0.25) is 10.4 Å². The third-order valence-corrected chi connectivity index (χ3v) is 8.16. The van der Waals surface area contributed by atoms with Crippen molar-refractivity contribution in [3.05, 3.63) is 69.8 Å². The molecule has 7 nitrogen and oxygen atoms in total. The smallest absolute Gasteiger partial charge is 0.213 e. The van der Waals surface area contributed by atoms with E-state index in [-0.39, 0.29) is 23.1 Å². The van der Waals surface area contributed by atoms with E-state index < -0.39 is 0 Å². The lowest BCUT2D eigenvalue weighted by atomic mass is 10.1. The second kappa shape index (κ2) is 8.46. The van der Waals surface area contributed by atoms with Gasteiger partial charge in [0, 0.05) is 54.7 Å². The minimum atomic E-state index is -0.383. The van der Waals surface area contributed by atoms with Gasteiger partial charge < -0.3 is 14.4 Å². The third kappa shape index (κ3) is 3.82. The highest BCUT2D eigenvalue weighted by atomic mass is 32.1. The van der Waals surface area contributed by atoms with Gasteiger partial charge in [0.15, 0.2) is 5.82 Å². The lowest BCUT2D eigenvalue weighted by molar-refractivity contribution is 0.312. The Bertz CT molecular complexity index is 1710. The van der Waals surface area contributed by atoms with Crippen LogP contribution in [-0.2, 0) is 0 Å². The molecule has 0 bridgehead atoms. The number of hydrogen-bond acceptors (Lipinski definition) is 6. The van der Waals surface area contributed by atoms with E-state index in [1.165, 1.54) is 29.5 Å². The summed E-state index contributed by atoms with van der Waals surface area (Å²) in [5, 5.41) is 6.90. The van der Waals surface area contributed by atoms with Gasteiger partial charge in [0.1, 0.15) is 11.6 Å². The monoisotopic (exact) mass is 518 g/mol. The summed E-state index contributed by atoms with van der Waals surface area (Å²) in [6.07, 6.45) is 3.86. The van der Waals surface area contributed by atoms with Crippen molar-refractivity contribution < 1.29 is 8.78 Å². The lowest BCUT2D eigenvalue weighted by Crippen LogP contribution is -2.44. The molecule has 2 fully saturated rings. The number of thiazole rings is 1. The predicted octanol–water partition coefficient (Wildman–Crippen LogP) is 4.80. The number of hydrogen-bond donors (Lipinski definition) is 0. The molecule has 1 saturated heterocycles. The van der Waals surface area contributed by atoms with Crippen LogP contribution in [0.1, 0.15) is 18.9 Å². The number of likely N-dealkylation sites (N-methyl/N-ethyl adjacent to an activating group) is 1. The van der Waals surface area contributed by atoms with Crippen molar-refractivity contribution in [2.75, 3.05) is 38.1 Å². The van der Waals surface area contributed by atoms with Crippen LogP contribution in [0.4, 0.5) is 14.5 Å². The summed E-state index contributed by atoms with van der Waals surface area (Å²) in [6.45, 7) is 3.23. The Morgan fingerprint density at radius 2 is 1.78 bits per heavy atom. The van der Waals surface area contributed by atoms with E-state index in [0.29, 0.717) is 27.4 Å². The highest BCUT2D eigenvalue weighted by Gasteiger charge is 2.28. The van der Waals surface area contributed by atoms with Crippen LogP contribution in [0.5, 0.6) is 0 Å². The molecule has 1 aliphatic heterocycles. The second-order valence-electron chi connectivity index (χ2n) is 9.88. The zero-order valence-corrected chi connectivity index (χ0v) is 21.0. The largest absolute Gasteiger partial charge is 0.367 e. The van der Waals surface area contributed by atoms with E-state index in [0.717, 1.165) is 55.8 Å². The first-order valence-electron chi connectivity index (χ1n) is 12.4. The van der Waals surface area contributed by atoms with Crippen LogP contribution in [0.2, 0.25) is 0 Å². The van der Waals surface area contributed by atoms with E-state index >= 15 is 4.39 Å². The first kappa shape index (κ1) is 22.6.